The van der Waals surface area contributed by atoms with Gasteiger partial charge in [0, 0.05) is 29.7 Å². The quantitative estimate of drug-likeness (QED) is 0.572. The molecule has 2 aromatic rings. The Morgan fingerprint density at radius 1 is 1.15 bits per heavy atom. The van der Waals surface area contributed by atoms with E-state index in [4.69, 9.17) is 4.74 Å². The van der Waals surface area contributed by atoms with Crippen molar-refractivity contribution in [2.24, 2.45) is 4.99 Å². The first kappa shape index (κ1) is 24.6. The Labute approximate surface area is 206 Å². The number of carbonyl (C=O) groups is 1. The van der Waals surface area contributed by atoms with E-state index in [0.29, 0.717) is 5.17 Å². The highest BCUT2D eigenvalue weighted by Crippen LogP contribution is 2.42. The van der Waals surface area contributed by atoms with Gasteiger partial charge in [0.05, 0.1) is 31.1 Å². The topological polar surface area (TPSA) is 79.3 Å². The third-order valence-electron chi connectivity index (χ3n) is 6.37. The zero-order valence-electron chi connectivity index (χ0n) is 20.0. The third kappa shape index (κ3) is 5.10. The van der Waals surface area contributed by atoms with E-state index in [2.05, 4.69) is 35.9 Å². The summed E-state index contributed by atoms with van der Waals surface area (Å²) in [6.45, 7) is 8.09. The van der Waals surface area contributed by atoms with Crippen LogP contribution < -0.4 is 14.5 Å². The van der Waals surface area contributed by atoms with Crippen LogP contribution in [0.2, 0.25) is 0 Å². The first-order valence-corrected chi connectivity index (χ1v) is 14.2. The fourth-order valence-corrected chi connectivity index (χ4v) is 8.53. The second-order valence-corrected chi connectivity index (χ2v) is 12.0. The van der Waals surface area contributed by atoms with Crippen LogP contribution in [0.3, 0.4) is 0 Å². The first-order chi connectivity index (χ1) is 16.2. The summed E-state index contributed by atoms with van der Waals surface area (Å²) in [5, 5.41) is 0.460. The maximum Gasteiger partial charge on any atom is 0.252 e. The molecule has 2 fully saturated rings. The summed E-state index contributed by atoms with van der Waals surface area (Å²) >= 11 is 1.41. The number of carbonyl (C=O) groups excluding carboxylic acids is 1. The third-order valence-corrected chi connectivity index (χ3v) is 9.58. The molecule has 2 aromatic carbocycles. The minimum absolute atomic E-state index is 0.0770. The predicted molar refractivity (Wildman–Crippen MR) is 140 cm³/mol. The molecule has 182 valence electrons. The lowest BCUT2D eigenvalue weighted by Gasteiger charge is -2.28. The molecule has 0 radical (unpaired) electrons. The van der Waals surface area contributed by atoms with Gasteiger partial charge < -0.3 is 14.5 Å². The molecule has 2 aliphatic heterocycles. The molecular weight excluding hydrogens is 470 g/mol. The van der Waals surface area contributed by atoms with E-state index in [1.165, 1.54) is 11.8 Å². The number of methoxy groups -OCH3 is 1. The van der Waals surface area contributed by atoms with Gasteiger partial charge in [-0.25, -0.2) is 8.42 Å². The minimum Gasteiger partial charge on any atom is -0.497 e. The highest BCUT2D eigenvalue weighted by Gasteiger charge is 2.49. The number of ether oxygens (including phenoxy) is 1. The number of benzene rings is 2. The number of hydrogen-bond acceptors (Lipinski definition) is 6. The molecular formula is C25H31N3O4S2. The predicted octanol–water partition coefficient (Wildman–Crippen LogP) is 3.69. The van der Waals surface area contributed by atoms with E-state index < -0.39 is 9.84 Å². The van der Waals surface area contributed by atoms with Gasteiger partial charge in [0.2, 0.25) is 0 Å². The van der Waals surface area contributed by atoms with E-state index in [9.17, 15) is 13.2 Å². The van der Waals surface area contributed by atoms with E-state index in [0.717, 1.165) is 41.3 Å². The van der Waals surface area contributed by atoms with E-state index >= 15 is 0 Å². The summed E-state index contributed by atoms with van der Waals surface area (Å²) in [4.78, 5) is 21.6. The van der Waals surface area contributed by atoms with E-state index in [1.54, 1.807) is 7.11 Å². The molecule has 0 aliphatic carbocycles. The molecule has 9 heteroatoms. The van der Waals surface area contributed by atoms with Crippen LogP contribution in [0, 0.1) is 6.92 Å². The van der Waals surface area contributed by atoms with Gasteiger partial charge in [0.25, 0.3) is 5.91 Å². The lowest BCUT2D eigenvalue weighted by atomic mass is 10.1. The van der Waals surface area contributed by atoms with Crippen molar-refractivity contribution in [3.8, 4) is 5.75 Å². The maximum absolute atomic E-state index is 12.9. The molecule has 2 unspecified atom stereocenters. The molecule has 34 heavy (non-hydrogen) atoms. The zero-order valence-corrected chi connectivity index (χ0v) is 21.7. The lowest BCUT2D eigenvalue weighted by Crippen LogP contribution is -2.38. The van der Waals surface area contributed by atoms with Crippen LogP contribution in [0.4, 0.5) is 11.4 Å². The molecule has 0 spiro atoms. The number of thioether (sulfide) groups is 1. The molecule has 0 saturated carbocycles. The van der Waals surface area contributed by atoms with Crippen LogP contribution in [0.1, 0.15) is 25.0 Å². The van der Waals surface area contributed by atoms with Crippen molar-refractivity contribution in [2.75, 3.05) is 41.5 Å². The molecule has 0 N–H and O–H groups in total. The van der Waals surface area contributed by atoms with Gasteiger partial charge in [-0.3, -0.25) is 4.79 Å². The average molecular weight is 502 g/mol. The Bertz CT molecular complexity index is 1190. The van der Waals surface area contributed by atoms with E-state index in [-0.39, 0.29) is 35.1 Å². The molecule has 2 atom stereocenters. The second kappa shape index (κ2) is 10.00. The Morgan fingerprint density at radius 3 is 2.47 bits per heavy atom. The number of hydrogen-bond donors (Lipinski definition) is 0. The van der Waals surface area contributed by atoms with Crippen molar-refractivity contribution in [3.05, 3.63) is 53.6 Å². The number of fused-ring (bicyclic) bond motifs is 1. The Morgan fingerprint density at radius 2 is 1.85 bits per heavy atom. The average Bonchev–Trinajstić information content (AvgIpc) is 3.26. The molecule has 0 bridgehead atoms. The maximum atomic E-state index is 12.9. The number of aliphatic imine (C=N–C) groups is 1. The fraction of sp³-hybridized carbons (Fsp3) is 0.440. The molecule has 2 saturated heterocycles. The number of anilines is 2. The molecule has 1 amide bonds. The van der Waals surface area contributed by atoms with Gasteiger partial charge in [-0.05, 0) is 62.2 Å². The van der Waals surface area contributed by atoms with Crippen LogP contribution in [0.5, 0.6) is 5.75 Å². The first-order valence-electron chi connectivity index (χ1n) is 11.5. The Kier molecular flexibility index (Phi) is 7.23. The van der Waals surface area contributed by atoms with Crippen molar-refractivity contribution in [1.82, 2.24) is 0 Å². The minimum atomic E-state index is -3.12. The van der Waals surface area contributed by atoms with Crippen LogP contribution in [-0.2, 0) is 21.1 Å². The number of nitrogens with zero attached hydrogens (tertiary/aromatic N) is 3. The molecule has 4 rings (SSSR count). The lowest BCUT2D eigenvalue weighted by molar-refractivity contribution is -0.117. The molecule has 2 aliphatic rings. The number of aryl methyl sites for hydroxylation is 1. The zero-order chi connectivity index (χ0) is 24.5. The SMILES string of the molecule is CCN(CC)c1ccc(N2C(=NC(=O)Cc3ccc(OC)cc3)SC3CS(=O)(=O)CC32)c(C)c1. The normalized spacial score (nSPS) is 22.1. The van der Waals surface area contributed by atoms with Gasteiger partial charge in [-0.1, -0.05) is 23.9 Å². The van der Waals surface area contributed by atoms with Crippen molar-refractivity contribution >= 4 is 44.0 Å². The van der Waals surface area contributed by atoms with Crippen molar-refractivity contribution < 1.29 is 17.9 Å². The molecule has 0 aromatic heterocycles. The van der Waals surface area contributed by atoms with Gasteiger partial charge in [-0.15, -0.1) is 0 Å². The van der Waals surface area contributed by atoms with Gasteiger partial charge in [-0.2, -0.15) is 4.99 Å². The summed E-state index contributed by atoms with van der Waals surface area (Å²) in [6.07, 6.45) is 0.176. The summed E-state index contributed by atoms with van der Waals surface area (Å²) in [5.41, 5.74) is 3.92. The van der Waals surface area contributed by atoms with Gasteiger partial charge >= 0.3 is 0 Å². The molecule has 2 heterocycles. The fourth-order valence-electron chi connectivity index (χ4n) is 4.61. The van der Waals surface area contributed by atoms with Crippen LogP contribution in [0.15, 0.2) is 47.5 Å². The molecule has 7 nitrogen and oxygen atoms in total. The monoisotopic (exact) mass is 501 g/mol. The van der Waals surface area contributed by atoms with Crippen molar-refractivity contribution in [3.63, 3.8) is 0 Å². The van der Waals surface area contributed by atoms with Crippen LogP contribution >= 0.6 is 11.8 Å². The second-order valence-electron chi connectivity index (χ2n) is 8.63. The Hall–Kier alpha value is -2.52. The largest absolute Gasteiger partial charge is 0.497 e. The van der Waals surface area contributed by atoms with Crippen LogP contribution in [0.25, 0.3) is 0 Å². The standard InChI is InChI=1S/C25H31N3O4S2/c1-5-27(6-2)19-9-12-21(17(3)13-19)28-22-15-34(30,31)16-23(22)33-25(28)26-24(29)14-18-7-10-20(32-4)11-8-18/h7-13,22-23H,5-6,14-16H2,1-4H3. The summed E-state index contributed by atoms with van der Waals surface area (Å²) in [5.74, 6) is 0.671. The van der Waals surface area contributed by atoms with Crippen molar-refractivity contribution in [2.45, 2.75) is 38.5 Å². The van der Waals surface area contributed by atoms with Crippen LogP contribution in [-0.4, -0.2) is 62.5 Å². The highest BCUT2D eigenvalue weighted by molar-refractivity contribution is 8.16. The number of sulfone groups is 1. The van der Waals surface area contributed by atoms with E-state index in [1.807, 2.05) is 42.2 Å². The Balaban J connectivity index is 1.64. The highest BCUT2D eigenvalue weighted by atomic mass is 32.2. The summed E-state index contributed by atoms with van der Waals surface area (Å²) < 4.78 is 29.9. The summed E-state index contributed by atoms with van der Waals surface area (Å²) in [6, 6.07) is 13.3. The van der Waals surface area contributed by atoms with Gasteiger partial charge in [0.1, 0.15) is 5.75 Å². The van der Waals surface area contributed by atoms with Gasteiger partial charge in [0.15, 0.2) is 15.0 Å². The smallest absolute Gasteiger partial charge is 0.252 e. The number of amidine groups is 1. The number of rotatable bonds is 7. The summed E-state index contributed by atoms with van der Waals surface area (Å²) in [7, 11) is -1.52. The number of amides is 1. The van der Waals surface area contributed by atoms with Crippen molar-refractivity contribution in [1.29, 1.82) is 0 Å².